The SMILES string of the molecule is CC(OC(=O)Nc1c(C2CC2)nsc1C#Cc1nc2nc(C3(C(=O)O)CC3)oc2o1)c1ccccc1. The highest BCUT2D eigenvalue weighted by atomic mass is 32.1. The third kappa shape index (κ3) is 4.09. The van der Waals surface area contributed by atoms with Gasteiger partial charge in [0.2, 0.25) is 11.5 Å². The minimum Gasteiger partial charge on any atom is -0.480 e. The first-order valence-corrected chi connectivity index (χ1v) is 12.3. The first kappa shape index (κ1) is 22.3. The Bertz CT molecular complexity index is 1500. The topological polar surface area (TPSA) is 141 Å². The van der Waals surface area contributed by atoms with Crippen molar-refractivity contribution in [3.8, 4) is 11.8 Å². The second kappa shape index (κ2) is 8.49. The van der Waals surface area contributed by atoms with Crippen LogP contribution in [0.5, 0.6) is 0 Å². The van der Waals surface area contributed by atoms with Crippen molar-refractivity contribution in [1.82, 2.24) is 14.3 Å². The Morgan fingerprint density at radius 1 is 1.19 bits per heavy atom. The van der Waals surface area contributed by atoms with Gasteiger partial charge in [-0.25, -0.2) is 4.79 Å². The van der Waals surface area contributed by atoms with Crippen LogP contribution in [0.3, 0.4) is 0 Å². The second-order valence-electron chi connectivity index (χ2n) is 8.92. The van der Waals surface area contributed by atoms with E-state index in [2.05, 4.69) is 31.5 Å². The van der Waals surface area contributed by atoms with E-state index >= 15 is 0 Å². The van der Waals surface area contributed by atoms with Gasteiger partial charge in [-0.2, -0.15) is 14.3 Å². The lowest BCUT2D eigenvalue weighted by Crippen LogP contribution is -2.19. The van der Waals surface area contributed by atoms with E-state index in [1.54, 1.807) is 0 Å². The fourth-order valence-electron chi connectivity index (χ4n) is 3.88. The number of fused-ring (bicyclic) bond motifs is 1. The molecule has 10 nitrogen and oxygen atoms in total. The zero-order chi connectivity index (χ0) is 24.9. The molecular formula is C25H20N4O6S. The number of amides is 1. The summed E-state index contributed by atoms with van der Waals surface area (Å²) in [7, 11) is 0. The van der Waals surface area contributed by atoms with Crippen molar-refractivity contribution in [2.75, 3.05) is 5.32 Å². The van der Waals surface area contributed by atoms with Gasteiger partial charge in [-0.3, -0.25) is 10.1 Å². The number of carboxylic acid groups (broad SMARTS) is 1. The Morgan fingerprint density at radius 2 is 1.97 bits per heavy atom. The molecule has 0 saturated heterocycles. The molecule has 11 heteroatoms. The Morgan fingerprint density at radius 3 is 2.64 bits per heavy atom. The molecule has 1 unspecified atom stereocenters. The summed E-state index contributed by atoms with van der Waals surface area (Å²) in [6, 6.07) is 9.47. The largest absolute Gasteiger partial charge is 0.480 e. The first-order valence-electron chi connectivity index (χ1n) is 11.5. The number of aliphatic carboxylic acids is 1. The lowest BCUT2D eigenvalue weighted by Gasteiger charge is -2.14. The fourth-order valence-corrected chi connectivity index (χ4v) is 4.66. The van der Waals surface area contributed by atoms with Gasteiger partial charge >= 0.3 is 17.8 Å². The number of rotatable bonds is 6. The minimum atomic E-state index is -1.08. The number of aromatic nitrogens is 3. The van der Waals surface area contributed by atoms with Gasteiger partial charge in [0.15, 0.2) is 0 Å². The highest BCUT2D eigenvalue weighted by molar-refractivity contribution is 7.07. The van der Waals surface area contributed by atoms with Crippen LogP contribution < -0.4 is 5.32 Å². The second-order valence-corrected chi connectivity index (χ2v) is 9.69. The van der Waals surface area contributed by atoms with E-state index in [1.165, 1.54) is 11.5 Å². The maximum absolute atomic E-state index is 12.7. The van der Waals surface area contributed by atoms with Crippen LogP contribution in [0.1, 0.15) is 72.5 Å². The number of hydrogen-bond donors (Lipinski definition) is 2. The molecule has 1 amide bonds. The maximum Gasteiger partial charge on any atom is 0.412 e. The molecule has 6 rings (SSSR count). The molecule has 1 aromatic carbocycles. The quantitative estimate of drug-likeness (QED) is 0.348. The van der Waals surface area contributed by atoms with E-state index in [4.69, 9.17) is 13.6 Å². The van der Waals surface area contributed by atoms with Crippen LogP contribution in [-0.2, 0) is 14.9 Å². The molecule has 2 N–H and O–H groups in total. The molecule has 36 heavy (non-hydrogen) atoms. The van der Waals surface area contributed by atoms with Crippen molar-refractivity contribution >= 4 is 40.7 Å². The summed E-state index contributed by atoms with van der Waals surface area (Å²) in [4.78, 5) is 33.1. The lowest BCUT2D eigenvalue weighted by atomic mass is 10.1. The third-order valence-corrected chi connectivity index (χ3v) is 7.07. The van der Waals surface area contributed by atoms with Crippen molar-refractivity contribution in [2.24, 2.45) is 0 Å². The number of oxazole rings is 2. The van der Waals surface area contributed by atoms with Crippen LogP contribution in [0.2, 0.25) is 0 Å². The third-order valence-electron chi connectivity index (χ3n) is 6.29. The molecule has 4 aromatic rings. The molecule has 3 heterocycles. The summed E-state index contributed by atoms with van der Waals surface area (Å²) in [5.41, 5.74) is 1.31. The normalized spacial score (nSPS) is 16.7. The van der Waals surface area contributed by atoms with Crippen LogP contribution in [0, 0.1) is 11.8 Å². The lowest BCUT2D eigenvalue weighted by molar-refractivity contribution is -0.140. The number of carbonyl (C=O) groups is 2. The predicted molar refractivity (Wildman–Crippen MR) is 128 cm³/mol. The molecule has 2 aliphatic rings. The zero-order valence-corrected chi connectivity index (χ0v) is 19.9. The van der Waals surface area contributed by atoms with E-state index in [0.29, 0.717) is 23.4 Å². The fraction of sp³-hybridized carbons (Fsp3) is 0.320. The summed E-state index contributed by atoms with van der Waals surface area (Å²) < 4.78 is 21.1. The summed E-state index contributed by atoms with van der Waals surface area (Å²) in [5.74, 6) is 5.29. The summed E-state index contributed by atoms with van der Waals surface area (Å²) in [6.07, 6.45) is 1.93. The number of nitrogens with one attached hydrogen (secondary N) is 1. The van der Waals surface area contributed by atoms with Crippen LogP contribution in [0.25, 0.3) is 11.4 Å². The number of carboxylic acids is 1. The number of ether oxygens (including phenoxy) is 1. The average Bonchev–Trinajstić information content (AvgIpc) is 3.76. The van der Waals surface area contributed by atoms with Gasteiger partial charge in [0.25, 0.3) is 5.89 Å². The first-order chi connectivity index (χ1) is 17.4. The predicted octanol–water partition coefficient (Wildman–Crippen LogP) is 4.98. The van der Waals surface area contributed by atoms with Crippen molar-refractivity contribution in [3.05, 3.63) is 58.2 Å². The average molecular weight is 505 g/mol. The minimum absolute atomic E-state index is 0.0293. The maximum atomic E-state index is 12.7. The smallest absolute Gasteiger partial charge is 0.412 e. The van der Waals surface area contributed by atoms with E-state index in [-0.39, 0.29) is 29.1 Å². The van der Waals surface area contributed by atoms with Gasteiger partial charge in [-0.15, -0.1) is 0 Å². The van der Waals surface area contributed by atoms with Gasteiger partial charge in [0, 0.05) is 5.92 Å². The van der Waals surface area contributed by atoms with E-state index in [1.807, 2.05) is 37.3 Å². The Labute approximate surface area is 208 Å². The standard InChI is InChI=1S/C25H20N4O6S/c1-13(14-5-3-2-4-6-14)33-24(32)27-19-16(36-29-18(19)15-7-8-15)9-10-17-26-20-21(34-17)35-22(28-20)25(11-12-25)23(30)31/h2-6,13,15H,7-8,11-12H2,1H3,(H,27,32)(H,30,31). The van der Waals surface area contributed by atoms with Crippen molar-refractivity contribution < 1.29 is 28.3 Å². The summed E-state index contributed by atoms with van der Waals surface area (Å²) >= 11 is 1.18. The van der Waals surface area contributed by atoms with E-state index in [9.17, 15) is 14.7 Å². The number of hydrogen-bond acceptors (Lipinski definition) is 9. The molecule has 2 saturated carbocycles. The number of benzene rings is 1. The van der Waals surface area contributed by atoms with Gasteiger partial charge in [0.05, 0.1) is 11.4 Å². The molecule has 1 atom stereocenters. The Kier molecular flexibility index (Phi) is 5.26. The molecule has 0 radical (unpaired) electrons. The molecule has 2 fully saturated rings. The summed E-state index contributed by atoms with van der Waals surface area (Å²) in [5, 5.41) is 12.2. The summed E-state index contributed by atoms with van der Waals surface area (Å²) in [6.45, 7) is 1.81. The van der Waals surface area contributed by atoms with Crippen LogP contribution in [-0.4, -0.2) is 31.5 Å². The van der Waals surface area contributed by atoms with E-state index in [0.717, 1.165) is 24.1 Å². The molecule has 0 aliphatic heterocycles. The molecule has 182 valence electrons. The van der Waals surface area contributed by atoms with Crippen molar-refractivity contribution in [2.45, 2.75) is 50.0 Å². The van der Waals surface area contributed by atoms with E-state index < -0.39 is 23.6 Å². The molecule has 0 bridgehead atoms. The van der Waals surface area contributed by atoms with Crippen LogP contribution in [0.15, 0.2) is 39.2 Å². The molecule has 0 spiro atoms. The highest BCUT2D eigenvalue weighted by Crippen LogP contribution is 2.48. The van der Waals surface area contributed by atoms with Crippen LogP contribution in [0.4, 0.5) is 10.5 Å². The van der Waals surface area contributed by atoms with Gasteiger partial charge in [-0.1, -0.05) is 30.3 Å². The number of carbonyl (C=O) groups excluding carboxylic acids is 1. The Balaban J connectivity index is 1.21. The molecular weight excluding hydrogens is 484 g/mol. The monoisotopic (exact) mass is 504 g/mol. The van der Waals surface area contributed by atoms with Gasteiger partial charge in [-0.05, 0) is 61.5 Å². The highest BCUT2D eigenvalue weighted by Gasteiger charge is 2.56. The van der Waals surface area contributed by atoms with Crippen molar-refractivity contribution in [3.63, 3.8) is 0 Å². The van der Waals surface area contributed by atoms with Crippen LogP contribution >= 0.6 is 11.5 Å². The molecule has 3 aromatic heterocycles. The number of anilines is 1. The molecule has 2 aliphatic carbocycles. The Hall–Kier alpha value is -4.17. The van der Waals surface area contributed by atoms with Crippen molar-refractivity contribution in [1.29, 1.82) is 0 Å². The van der Waals surface area contributed by atoms with Gasteiger partial charge < -0.3 is 18.7 Å². The van der Waals surface area contributed by atoms with Gasteiger partial charge in [0.1, 0.15) is 16.4 Å². The zero-order valence-electron chi connectivity index (χ0n) is 19.1. The number of nitrogens with zero attached hydrogens (tertiary/aromatic N) is 3.